The number of nitrogens with two attached hydrogens (primary N) is 1. The van der Waals surface area contributed by atoms with E-state index < -0.39 is 13.0 Å². The highest BCUT2D eigenvalue weighted by atomic mass is 19.3. The van der Waals surface area contributed by atoms with Gasteiger partial charge >= 0.3 is 0 Å². The second-order valence-electron chi connectivity index (χ2n) is 6.92. The van der Waals surface area contributed by atoms with Gasteiger partial charge in [-0.15, -0.1) is 0 Å². The average Bonchev–Trinajstić information content (AvgIpc) is 3.26. The average molecular weight is 374 g/mol. The third-order valence-electron chi connectivity index (χ3n) is 5.06. The molecule has 27 heavy (non-hydrogen) atoms. The summed E-state index contributed by atoms with van der Waals surface area (Å²) >= 11 is 0. The Bertz CT molecular complexity index is 1050. The number of aromatic nitrogens is 5. The number of rotatable bonds is 4. The molecule has 9 heteroatoms. The first-order chi connectivity index (χ1) is 12.9. The summed E-state index contributed by atoms with van der Waals surface area (Å²) in [5, 5.41) is 4.68. The Morgan fingerprint density at radius 2 is 2.04 bits per heavy atom. The van der Waals surface area contributed by atoms with Gasteiger partial charge in [0.15, 0.2) is 0 Å². The van der Waals surface area contributed by atoms with E-state index in [1.54, 1.807) is 10.6 Å². The summed E-state index contributed by atoms with van der Waals surface area (Å²) in [5.74, 6) is 0.128. The van der Waals surface area contributed by atoms with Gasteiger partial charge in [0.25, 0.3) is 12.0 Å². The summed E-state index contributed by atoms with van der Waals surface area (Å²) in [5.41, 5.74) is 7.73. The molecule has 0 amide bonds. The normalized spacial score (nSPS) is 15.3. The van der Waals surface area contributed by atoms with Gasteiger partial charge in [-0.3, -0.25) is 14.0 Å². The molecular formula is C18H20F2N6O. The van der Waals surface area contributed by atoms with Crippen LogP contribution in [-0.4, -0.2) is 30.7 Å². The molecule has 7 nitrogen and oxygen atoms in total. The maximum Gasteiger partial charge on any atom is 0.260 e. The number of nitrogens with zero attached hydrogens (tertiary/aromatic N) is 5. The van der Waals surface area contributed by atoms with Crippen molar-refractivity contribution in [3.63, 3.8) is 0 Å². The Morgan fingerprint density at radius 3 is 2.74 bits per heavy atom. The van der Waals surface area contributed by atoms with Crippen LogP contribution in [0.2, 0.25) is 0 Å². The number of pyridine rings is 1. The number of halogens is 2. The maximum absolute atomic E-state index is 13.3. The van der Waals surface area contributed by atoms with Crippen LogP contribution in [0.4, 0.5) is 14.7 Å². The number of hydrogen-bond acceptors (Lipinski definition) is 5. The van der Waals surface area contributed by atoms with Crippen LogP contribution in [-0.2, 0) is 6.54 Å². The Kier molecular flexibility index (Phi) is 4.37. The van der Waals surface area contributed by atoms with E-state index in [9.17, 15) is 13.6 Å². The number of alkyl halides is 2. The second kappa shape index (κ2) is 6.71. The monoisotopic (exact) mass is 374 g/mol. The van der Waals surface area contributed by atoms with Crippen LogP contribution in [0.5, 0.6) is 0 Å². The first kappa shape index (κ1) is 17.6. The molecule has 3 aromatic rings. The molecule has 0 saturated heterocycles. The molecule has 142 valence electrons. The van der Waals surface area contributed by atoms with Gasteiger partial charge in [-0.2, -0.15) is 10.1 Å². The molecule has 0 radical (unpaired) electrons. The van der Waals surface area contributed by atoms with Crippen molar-refractivity contribution in [2.24, 2.45) is 0 Å². The third-order valence-corrected chi connectivity index (χ3v) is 5.06. The van der Waals surface area contributed by atoms with Crippen LogP contribution in [0.1, 0.15) is 37.4 Å². The predicted molar refractivity (Wildman–Crippen MR) is 97.7 cm³/mol. The summed E-state index contributed by atoms with van der Waals surface area (Å²) in [7, 11) is 0. The van der Waals surface area contributed by atoms with Gasteiger partial charge in [0.05, 0.1) is 17.5 Å². The van der Waals surface area contributed by atoms with Gasteiger partial charge in [0.1, 0.15) is 12.2 Å². The molecule has 0 spiro atoms. The highest BCUT2D eigenvalue weighted by Gasteiger charge is 2.24. The van der Waals surface area contributed by atoms with Gasteiger partial charge in [0.2, 0.25) is 5.95 Å². The number of hydrogen-bond donors (Lipinski definition) is 1. The van der Waals surface area contributed by atoms with Gasteiger partial charge in [-0.1, -0.05) is 12.8 Å². The smallest absolute Gasteiger partial charge is 0.260 e. The van der Waals surface area contributed by atoms with Gasteiger partial charge in [-0.05, 0) is 25.8 Å². The van der Waals surface area contributed by atoms with E-state index >= 15 is 0 Å². The van der Waals surface area contributed by atoms with E-state index in [-0.39, 0.29) is 17.5 Å². The van der Waals surface area contributed by atoms with E-state index in [1.165, 1.54) is 12.4 Å². The van der Waals surface area contributed by atoms with E-state index in [1.807, 2.05) is 6.92 Å². The van der Waals surface area contributed by atoms with Crippen LogP contribution in [0.25, 0.3) is 22.2 Å². The van der Waals surface area contributed by atoms with Crippen molar-refractivity contribution < 1.29 is 8.78 Å². The van der Waals surface area contributed by atoms with E-state index in [0.29, 0.717) is 22.5 Å². The van der Waals surface area contributed by atoms with Crippen molar-refractivity contribution in [2.45, 2.75) is 51.6 Å². The van der Waals surface area contributed by atoms with E-state index in [2.05, 4.69) is 15.1 Å². The Hall–Kier alpha value is -2.84. The summed E-state index contributed by atoms with van der Waals surface area (Å²) in [6.45, 7) is 1.30. The summed E-state index contributed by atoms with van der Waals surface area (Å²) in [6.07, 6.45) is 4.29. The minimum absolute atomic E-state index is 0.0461. The summed E-state index contributed by atoms with van der Waals surface area (Å²) in [4.78, 5) is 21.8. The van der Waals surface area contributed by atoms with Gasteiger partial charge < -0.3 is 5.73 Å². The highest BCUT2D eigenvalue weighted by molar-refractivity contribution is 5.84. The van der Waals surface area contributed by atoms with Crippen LogP contribution >= 0.6 is 0 Å². The molecule has 3 heterocycles. The molecule has 1 saturated carbocycles. The molecule has 0 bridgehead atoms. The number of nitrogen functional groups attached to an aromatic ring is 1. The summed E-state index contributed by atoms with van der Waals surface area (Å²) < 4.78 is 28.1. The molecule has 2 N–H and O–H groups in total. The Balaban J connectivity index is 1.95. The van der Waals surface area contributed by atoms with Crippen molar-refractivity contribution in [1.82, 2.24) is 24.3 Å². The number of anilines is 1. The topological polar surface area (TPSA) is 91.6 Å². The lowest BCUT2D eigenvalue weighted by molar-refractivity contribution is 0.122. The third kappa shape index (κ3) is 3.17. The molecule has 3 aromatic heterocycles. The number of aryl methyl sites for hydroxylation is 1. The van der Waals surface area contributed by atoms with Crippen LogP contribution in [0, 0.1) is 6.92 Å². The molecule has 0 unspecified atom stereocenters. The minimum atomic E-state index is -2.51. The van der Waals surface area contributed by atoms with Crippen molar-refractivity contribution >= 4 is 17.0 Å². The molecule has 4 rings (SSSR count). The quantitative estimate of drug-likeness (QED) is 0.758. The summed E-state index contributed by atoms with van der Waals surface area (Å²) in [6, 6.07) is 1.76. The van der Waals surface area contributed by atoms with Crippen LogP contribution in [0.15, 0.2) is 23.3 Å². The lowest BCUT2D eigenvalue weighted by Gasteiger charge is -2.18. The molecule has 1 fully saturated rings. The fourth-order valence-corrected chi connectivity index (χ4v) is 3.82. The Morgan fingerprint density at radius 1 is 1.30 bits per heavy atom. The zero-order valence-electron chi connectivity index (χ0n) is 14.9. The zero-order chi connectivity index (χ0) is 19.1. The fourth-order valence-electron chi connectivity index (χ4n) is 3.82. The van der Waals surface area contributed by atoms with Crippen molar-refractivity contribution in [3.8, 4) is 11.1 Å². The van der Waals surface area contributed by atoms with Crippen LogP contribution in [0.3, 0.4) is 0 Å². The molecule has 0 atom stereocenters. The largest absolute Gasteiger partial charge is 0.368 e. The van der Waals surface area contributed by atoms with Crippen molar-refractivity contribution in [2.75, 3.05) is 5.73 Å². The van der Waals surface area contributed by atoms with Gasteiger partial charge in [0, 0.05) is 23.2 Å². The molecule has 0 aliphatic heterocycles. The minimum Gasteiger partial charge on any atom is -0.368 e. The number of fused-ring (bicyclic) bond motifs is 1. The SMILES string of the molecule is Cc1nc(N)nc2c1cc(-c1cnn(CC(F)F)c1)c(=O)n2C1CCCC1. The maximum atomic E-state index is 13.3. The van der Waals surface area contributed by atoms with E-state index in [4.69, 9.17) is 5.73 Å². The Labute approximate surface area is 153 Å². The standard InChI is InChI=1S/C18H20F2N6O/c1-10-13-6-14(11-7-22-25(8-11)9-15(19)20)17(27)26(12-4-2-3-5-12)16(13)24-18(21)23-10/h6-8,12,15H,2-5,9H2,1H3,(H2,21,23,24). The lowest BCUT2D eigenvalue weighted by Crippen LogP contribution is -2.26. The first-order valence-electron chi connectivity index (χ1n) is 8.94. The van der Waals surface area contributed by atoms with Gasteiger partial charge in [-0.25, -0.2) is 13.8 Å². The molecule has 0 aromatic carbocycles. The fraction of sp³-hybridized carbons (Fsp3) is 0.444. The first-order valence-corrected chi connectivity index (χ1v) is 8.94. The molecular weight excluding hydrogens is 354 g/mol. The lowest BCUT2D eigenvalue weighted by atomic mass is 10.1. The highest BCUT2D eigenvalue weighted by Crippen LogP contribution is 2.32. The zero-order valence-corrected chi connectivity index (χ0v) is 14.9. The molecule has 1 aliphatic rings. The molecule has 1 aliphatic carbocycles. The van der Waals surface area contributed by atoms with Crippen LogP contribution < -0.4 is 11.3 Å². The van der Waals surface area contributed by atoms with E-state index in [0.717, 1.165) is 35.8 Å². The second-order valence-corrected chi connectivity index (χ2v) is 6.92. The van der Waals surface area contributed by atoms with Crippen molar-refractivity contribution in [3.05, 3.63) is 34.5 Å². The predicted octanol–water partition coefficient (Wildman–Crippen LogP) is 2.93. The van der Waals surface area contributed by atoms with Crippen molar-refractivity contribution in [1.29, 1.82) is 0 Å².